The predicted molar refractivity (Wildman–Crippen MR) is 107 cm³/mol. The lowest BCUT2D eigenvalue weighted by molar-refractivity contribution is -0.141. The molecule has 0 heterocycles. The first-order valence-corrected chi connectivity index (χ1v) is 11.0. The molecule has 0 saturated carbocycles. The highest BCUT2D eigenvalue weighted by Crippen LogP contribution is 2.26. The molecule has 0 aliphatic carbocycles. The number of nitrogens with zero attached hydrogens (tertiary/aromatic N) is 1. The number of anilines is 1. The SMILES string of the molecule is CCOC(=O)CN(c1cccc(C(=O)OC)c1)S(=O)(=O)c1ccc(SC)cc1. The number of hydrogen-bond acceptors (Lipinski definition) is 7. The highest BCUT2D eigenvalue weighted by molar-refractivity contribution is 7.98. The van der Waals surface area contributed by atoms with Crippen molar-refractivity contribution in [1.82, 2.24) is 0 Å². The van der Waals surface area contributed by atoms with Crippen LogP contribution in [0.3, 0.4) is 0 Å². The van der Waals surface area contributed by atoms with Gasteiger partial charge in [-0.25, -0.2) is 13.2 Å². The smallest absolute Gasteiger partial charge is 0.337 e. The molecule has 0 bridgehead atoms. The van der Waals surface area contributed by atoms with Gasteiger partial charge in [-0.1, -0.05) is 6.07 Å². The Balaban J connectivity index is 2.52. The quantitative estimate of drug-likeness (QED) is 0.476. The summed E-state index contributed by atoms with van der Waals surface area (Å²) in [5.41, 5.74) is 0.326. The summed E-state index contributed by atoms with van der Waals surface area (Å²) in [6.07, 6.45) is 1.88. The minimum Gasteiger partial charge on any atom is -0.465 e. The van der Waals surface area contributed by atoms with Crippen LogP contribution >= 0.6 is 11.8 Å². The van der Waals surface area contributed by atoms with E-state index in [2.05, 4.69) is 4.74 Å². The van der Waals surface area contributed by atoms with E-state index in [1.807, 2.05) is 6.26 Å². The molecular formula is C19H21NO6S2. The van der Waals surface area contributed by atoms with Crippen LogP contribution in [0.15, 0.2) is 58.3 Å². The van der Waals surface area contributed by atoms with E-state index in [9.17, 15) is 18.0 Å². The van der Waals surface area contributed by atoms with Gasteiger partial charge >= 0.3 is 11.9 Å². The minimum absolute atomic E-state index is 0.0260. The number of ether oxygens (including phenoxy) is 2. The molecule has 0 fully saturated rings. The molecule has 2 rings (SSSR count). The monoisotopic (exact) mass is 423 g/mol. The summed E-state index contributed by atoms with van der Waals surface area (Å²) in [6.45, 7) is 1.23. The Morgan fingerprint density at radius 2 is 1.79 bits per heavy atom. The number of carbonyl (C=O) groups is 2. The van der Waals surface area contributed by atoms with Gasteiger partial charge in [0, 0.05) is 4.90 Å². The Kier molecular flexibility index (Phi) is 7.47. The van der Waals surface area contributed by atoms with E-state index >= 15 is 0 Å². The van der Waals surface area contributed by atoms with Gasteiger partial charge < -0.3 is 9.47 Å². The molecule has 2 aromatic carbocycles. The molecule has 0 amide bonds. The second-order valence-electron chi connectivity index (χ2n) is 5.53. The van der Waals surface area contributed by atoms with Crippen LogP contribution in [0, 0.1) is 0 Å². The lowest BCUT2D eigenvalue weighted by Gasteiger charge is -2.24. The van der Waals surface area contributed by atoms with E-state index in [4.69, 9.17) is 4.74 Å². The maximum absolute atomic E-state index is 13.2. The number of hydrogen-bond donors (Lipinski definition) is 0. The summed E-state index contributed by atoms with van der Waals surface area (Å²) in [4.78, 5) is 24.8. The Morgan fingerprint density at radius 1 is 1.11 bits per heavy atom. The molecular weight excluding hydrogens is 402 g/mol. The number of esters is 2. The number of carbonyl (C=O) groups excluding carboxylic acids is 2. The van der Waals surface area contributed by atoms with Crippen LogP contribution in [-0.4, -0.2) is 46.9 Å². The highest BCUT2D eigenvalue weighted by Gasteiger charge is 2.28. The van der Waals surface area contributed by atoms with Gasteiger partial charge in [0.15, 0.2) is 0 Å². The molecule has 0 radical (unpaired) electrons. The molecule has 0 N–H and O–H groups in total. The normalized spacial score (nSPS) is 11.0. The Labute approximate surface area is 168 Å². The van der Waals surface area contributed by atoms with Crippen LogP contribution in [0.4, 0.5) is 5.69 Å². The largest absolute Gasteiger partial charge is 0.465 e. The van der Waals surface area contributed by atoms with E-state index < -0.39 is 28.5 Å². The van der Waals surface area contributed by atoms with Gasteiger partial charge in [-0.05, 0) is 55.6 Å². The summed E-state index contributed by atoms with van der Waals surface area (Å²) < 4.78 is 37.0. The first kappa shape index (κ1) is 21.8. The first-order chi connectivity index (χ1) is 13.3. The van der Waals surface area contributed by atoms with Crippen LogP contribution in [-0.2, 0) is 24.3 Å². The summed E-state index contributed by atoms with van der Waals surface area (Å²) in [6, 6.07) is 12.2. The van der Waals surface area contributed by atoms with E-state index in [-0.39, 0.29) is 22.8 Å². The minimum atomic E-state index is -4.07. The van der Waals surface area contributed by atoms with Gasteiger partial charge in [-0.3, -0.25) is 9.10 Å². The van der Waals surface area contributed by atoms with E-state index in [1.165, 1.54) is 55.3 Å². The second-order valence-corrected chi connectivity index (χ2v) is 8.28. The maximum Gasteiger partial charge on any atom is 0.337 e. The Bertz CT molecular complexity index is 941. The van der Waals surface area contributed by atoms with Crippen LogP contribution < -0.4 is 4.31 Å². The van der Waals surface area contributed by atoms with Crippen molar-refractivity contribution in [3.8, 4) is 0 Å². The zero-order chi connectivity index (χ0) is 20.7. The lowest BCUT2D eigenvalue weighted by atomic mass is 10.2. The summed E-state index contributed by atoms with van der Waals surface area (Å²) in [5.74, 6) is -1.31. The third kappa shape index (κ3) is 5.05. The van der Waals surface area contributed by atoms with E-state index in [1.54, 1.807) is 19.1 Å². The van der Waals surface area contributed by atoms with Crippen LogP contribution in [0.5, 0.6) is 0 Å². The van der Waals surface area contributed by atoms with E-state index in [0.29, 0.717) is 0 Å². The summed E-state index contributed by atoms with van der Waals surface area (Å²) in [5, 5.41) is 0. The molecule has 0 atom stereocenters. The number of methoxy groups -OCH3 is 1. The average molecular weight is 424 g/mol. The fourth-order valence-corrected chi connectivity index (χ4v) is 4.23. The number of benzene rings is 2. The number of thioether (sulfide) groups is 1. The van der Waals surface area contributed by atoms with Crippen molar-refractivity contribution in [3.63, 3.8) is 0 Å². The maximum atomic E-state index is 13.2. The molecule has 0 aromatic heterocycles. The molecule has 7 nitrogen and oxygen atoms in total. The highest BCUT2D eigenvalue weighted by atomic mass is 32.2. The first-order valence-electron chi connectivity index (χ1n) is 8.34. The number of sulfonamides is 1. The molecule has 9 heteroatoms. The Hall–Kier alpha value is -2.52. The fourth-order valence-electron chi connectivity index (χ4n) is 2.42. The van der Waals surface area contributed by atoms with Gasteiger partial charge in [0.05, 0.1) is 29.9 Å². The van der Waals surface area contributed by atoms with E-state index in [0.717, 1.165) is 9.20 Å². The fraction of sp³-hybridized carbons (Fsp3) is 0.263. The zero-order valence-corrected chi connectivity index (χ0v) is 17.4. The summed E-state index contributed by atoms with van der Waals surface area (Å²) >= 11 is 1.48. The predicted octanol–water partition coefficient (Wildman–Crippen LogP) is 2.95. The standard InChI is InChI=1S/C19H21NO6S2/c1-4-26-18(21)13-20(15-7-5-6-14(12-15)19(22)25-2)28(23,24)17-10-8-16(27-3)9-11-17/h5-12H,4,13H2,1-3H3. The molecule has 0 spiro atoms. The third-order valence-corrected chi connectivity index (χ3v) is 6.31. The van der Waals surface area contributed by atoms with Crippen molar-refractivity contribution < 1.29 is 27.5 Å². The average Bonchev–Trinajstić information content (AvgIpc) is 2.71. The topological polar surface area (TPSA) is 90.0 Å². The zero-order valence-electron chi connectivity index (χ0n) is 15.7. The summed E-state index contributed by atoms with van der Waals surface area (Å²) in [7, 11) is -2.84. The van der Waals surface area contributed by atoms with Crippen LogP contribution in [0.25, 0.3) is 0 Å². The number of rotatable bonds is 8. The molecule has 2 aromatic rings. The van der Waals surface area contributed by atoms with Crippen LogP contribution in [0.2, 0.25) is 0 Å². The molecule has 28 heavy (non-hydrogen) atoms. The van der Waals surface area contributed by atoms with Crippen molar-refractivity contribution in [3.05, 3.63) is 54.1 Å². The Morgan fingerprint density at radius 3 is 2.36 bits per heavy atom. The molecule has 0 aliphatic heterocycles. The molecule has 0 saturated heterocycles. The van der Waals surface area contributed by atoms with Gasteiger partial charge in [-0.15, -0.1) is 11.8 Å². The molecule has 0 aliphatic rings. The van der Waals surface area contributed by atoms with Crippen molar-refractivity contribution in [2.24, 2.45) is 0 Å². The van der Waals surface area contributed by atoms with Gasteiger partial charge in [0.2, 0.25) is 0 Å². The molecule has 0 unspecified atom stereocenters. The lowest BCUT2D eigenvalue weighted by Crippen LogP contribution is -2.36. The molecule has 150 valence electrons. The van der Waals surface area contributed by atoms with Gasteiger partial charge in [-0.2, -0.15) is 0 Å². The van der Waals surface area contributed by atoms with Crippen LogP contribution in [0.1, 0.15) is 17.3 Å². The van der Waals surface area contributed by atoms with Gasteiger partial charge in [0.1, 0.15) is 6.54 Å². The van der Waals surface area contributed by atoms with Gasteiger partial charge in [0.25, 0.3) is 10.0 Å². The third-order valence-electron chi connectivity index (χ3n) is 3.78. The van der Waals surface area contributed by atoms with Crippen molar-refractivity contribution >= 4 is 39.4 Å². The second kappa shape index (κ2) is 9.61. The van der Waals surface area contributed by atoms with Crippen molar-refractivity contribution in [1.29, 1.82) is 0 Å². The van der Waals surface area contributed by atoms with Crippen molar-refractivity contribution in [2.75, 3.05) is 30.8 Å². The van der Waals surface area contributed by atoms with Crippen molar-refractivity contribution in [2.45, 2.75) is 16.7 Å².